The second-order valence-electron chi connectivity index (χ2n) is 9.73. The molecule has 166 valence electrons. The number of hydrogen-bond donors (Lipinski definition) is 1. The molecule has 0 radical (unpaired) electrons. The molecule has 0 aromatic carbocycles. The number of nitrogens with zero attached hydrogens (tertiary/aromatic N) is 8. The van der Waals surface area contributed by atoms with E-state index in [2.05, 4.69) is 28.1 Å². The number of nitriles is 1. The van der Waals surface area contributed by atoms with E-state index in [1.54, 1.807) is 21.6 Å². The van der Waals surface area contributed by atoms with Gasteiger partial charge in [-0.25, -0.2) is 9.50 Å². The van der Waals surface area contributed by atoms with Crippen molar-refractivity contribution in [3.8, 4) is 28.6 Å². The highest BCUT2D eigenvalue weighted by Gasteiger charge is 2.45. The van der Waals surface area contributed by atoms with Crippen LogP contribution in [0.5, 0.6) is 0 Å². The fourth-order valence-electron chi connectivity index (χ4n) is 5.60. The minimum atomic E-state index is -0.0371. The first-order valence-electron chi connectivity index (χ1n) is 11.2. The number of aryl methyl sites for hydroxylation is 1. The molecule has 4 aromatic heterocycles. The molecule has 9 heteroatoms. The van der Waals surface area contributed by atoms with Gasteiger partial charge in [-0.3, -0.25) is 9.67 Å². The molecule has 1 aliphatic heterocycles. The van der Waals surface area contributed by atoms with Gasteiger partial charge in [-0.2, -0.15) is 15.5 Å². The van der Waals surface area contributed by atoms with Gasteiger partial charge in [-0.05, 0) is 43.7 Å². The van der Waals surface area contributed by atoms with Gasteiger partial charge in [0.2, 0.25) is 0 Å². The van der Waals surface area contributed by atoms with E-state index in [9.17, 15) is 5.26 Å². The first-order valence-corrected chi connectivity index (χ1v) is 11.2. The van der Waals surface area contributed by atoms with Crippen LogP contribution in [0.1, 0.15) is 25.3 Å². The molecule has 0 bridgehead atoms. The average molecular weight is 440 g/mol. The van der Waals surface area contributed by atoms with Gasteiger partial charge in [-0.15, -0.1) is 0 Å². The zero-order chi connectivity index (χ0) is 22.7. The fourth-order valence-corrected chi connectivity index (χ4v) is 5.60. The minimum Gasteiger partial charge on any atom is -0.355 e. The summed E-state index contributed by atoms with van der Waals surface area (Å²) in [5.74, 6) is 2.14. The van der Waals surface area contributed by atoms with Crippen molar-refractivity contribution in [2.45, 2.75) is 25.3 Å². The van der Waals surface area contributed by atoms with Crippen molar-refractivity contribution in [3.05, 3.63) is 48.7 Å². The molecule has 0 amide bonds. The molecule has 1 saturated heterocycles. The van der Waals surface area contributed by atoms with Crippen LogP contribution in [0, 0.1) is 23.2 Å². The van der Waals surface area contributed by atoms with Gasteiger partial charge < -0.3 is 10.6 Å². The average Bonchev–Trinajstić information content (AvgIpc) is 3.55. The van der Waals surface area contributed by atoms with Crippen molar-refractivity contribution < 1.29 is 0 Å². The molecule has 9 nitrogen and oxygen atoms in total. The van der Waals surface area contributed by atoms with Gasteiger partial charge >= 0.3 is 0 Å². The number of nitrogens with two attached hydrogens (primary N) is 1. The summed E-state index contributed by atoms with van der Waals surface area (Å²) in [7, 11) is 1.88. The lowest BCUT2D eigenvalue weighted by Gasteiger charge is -2.23. The molecule has 33 heavy (non-hydrogen) atoms. The summed E-state index contributed by atoms with van der Waals surface area (Å²) in [5.41, 5.74) is 10.8. The molecule has 6 rings (SSSR count). The molecular formula is C24H25N9. The van der Waals surface area contributed by atoms with Crippen LogP contribution in [0.15, 0.2) is 43.1 Å². The predicted molar refractivity (Wildman–Crippen MR) is 124 cm³/mol. The lowest BCUT2D eigenvalue weighted by molar-refractivity contribution is 0.449. The number of anilines is 1. The summed E-state index contributed by atoms with van der Waals surface area (Å²) < 4.78 is 3.48. The largest absolute Gasteiger partial charge is 0.355 e. The van der Waals surface area contributed by atoms with Crippen molar-refractivity contribution in [1.82, 2.24) is 29.4 Å². The molecule has 2 N–H and O–H groups in total. The number of pyridine rings is 1. The summed E-state index contributed by atoms with van der Waals surface area (Å²) in [6.45, 7) is 4.12. The van der Waals surface area contributed by atoms with E-state index in [0.717, 1.165) is 54.1 Å². The van der Waals surface area contributed by atoms with Crippen LogP contribution in [0.2, 0.25) is 0 Å². The molecule has 1 aliphatic carbocycles. The van der Waals surface area contributed by atoms with E-state index >= 15 is 0 Å². The summed E-state index contributed by atoms with van der Waals surface area (Å²) >= 11 is 0. The third-order valence-electron chi connectivity index (χ3n) is 7.01. The molecule has 1 unspecified atom stereocenters. The van der Waals surface area contributed by atoms with Crippen LogP contribution < -0.4 is 10.6 Å². The first-order chi connectivity index (χ1) is 15.9. The summed E-state index contributed by atoms with van der Waals surface area (Å²) in [6, 6.07) is 6.19. The van der Waals surface area contributed by atoms with Gasteiger partial charge in [0, 0.05) is 49.2 Å². The summed E-state index contributed by atoms with van der Waals surface area (Å²) in [4.78, 5) is 11.8. The highest BCUT2D eigenvalue weighted by molar-refractivity contribution is 5.85. The van der Waals surface area contributed by atoms with E-state index in [4.69, 9.17) is 15.7 Å². The summed E-state index contributed by atoms with van der Waals surface area (Å²) in [6.07, 6.45) is 11.1. The minimum absolute atomic E-state index is 0.0371. The van der Waals surface area contributed by atoms with Crippen LogP contribution in [-0.2, 0) is 7.05 Å². The Kier molecular flexibility index (Phi) is 4.29. The Morgan fingerprint density at radius 2 is 1.91 bits per heavy atom. The highest BCUT2D eigenvalue weighted by Crippen LogP contribution is 2.43. The molecule has 5 heterocycles. The zero-order valence-electron chi connectivity index (χ0n) is 18.7. The zero-order valence-corrected chi connectivity index (χ0v) is 18.7. The molecule has 1 saturated carbocycles. The smallest absolute Gasteiger partial charge is 0.147 e. The highest BCUT2D eigenvalue weighted by atomic mass is 15.3. The first kappa shape index (κ1) is 19.9. The molecule has 4 aromatic rings. The van der Waals surface area contributed by atoms with E-state index in [0.29, 0.717) is 23.1 Å². The van der Waals surface area contributed by atoms with Crippen LogP contribution in [-0.4, -0.2) is 48.0 Å². The van der Waals surface area contributed by atoms with Crippen LogP contribution in [0.3, 0.4) is 0 Å². The van der Waals surface area contributed by atoms with Gasteiger partial charge in [0.25, 0.3) is 0 Å². The van der Waals surface area contributed by atoms with Gasteiger partial charge in [0.15, 0.2) is 0 Å². The number of fused-ring (bicyclic) bond motifs is 2. The summed E-state index contributed by atoms with van der Waals surface area (Å²) in [5, 5.41) is 18.5. The Morgan fingerprint density at radius 3 is 2.55 bits per heavy atom. The standard InChI is InChI=1S/C24H25N9/c1-24(26)6-16-12-32(13-17(16)7-24)22-11-27-21(10-28-22)19-5-15(20-3-4-31(2)30-20)14-33-23(19)18(8-25)9-29-33/h3-5,9-11,14,16-17H,6-7,12-13,26H2,1-2H3/t16-,17+,24?. The second kappa shape index (κ2) is 7.12. The third-order valence-corrected chi connectivity index (χ3v) is 7.01. The molecular weight excluding hydrogens is 414 g/mol. The fraction of sp³-hybridized carbons (Fsp3) is 0.375. The number of aromatic nitrogens is 6. The number of hydrogen-bond acceptors (Lipinski definition) is 7. The van der Waals surface area contributed by atoms with E-state index in [-0.39, 0.29) is 5.54 Å². The van der Waals surface area contributed by atoms with E-state index in [1.807, 2.05) is 37.8 Å². The van der Waals surface area contributed by atoms with Crippen molar-refractivity contribution in [1.29, 1.82) is 5.26 Å². The van der Waals surface area contributed by atoms with Gasteiger partial charge in [0.1, 0.15) is 11.9 Å². The maximum Gasteiger partial charge on any atom is 0.147 e. The predicted octanol–water partition coefficient (Wildman–Crippen LogP) is 2.63. The van der Waals surface area contributed by atoms with Gasteiger partial charge in [-0.1, -0.05) is 0 Å². The Morgan fingerprint density at radius 1 is 1.12 bits per heavy atom. The molecule has 0 spiro atoms. The van der Waals surface area contributed by atoms with Crippen molar-refractivity contribution in [2.75, 3.05) is 18.0 Å². The van der Waals surface area contributed by atoms with Crippen molar-refractivity contribution in [3.63, 3.8) is 0 Å². The van der Waals surface area contributed by atoms with Crippen molar-refractivity contribution >= 4 is 11.3 Å². The van der Waals surface area contributed by atoms with Crippen LogP contribution in [0.4, 0.5) is 5.82 Å². The van der Waals surface area contributed by atoms with Crippen LogP contribution in [0.25, 0.3) is 28.0 Å². The maximum atomic E-state index is 9.62. The quantitative estimate of drug-likeness (QED) is 0.522. The molecule has 2 aliphatic rings. The van der Waals surface area contributed by atoms with Crippen molar-refractivity contribution in [2.24, 2.45) is 24.6 Å². The third kappa shape index (κ3) is 3.34. The molecule has 2 fully saturated rings. The number of rotatable bonds is 3. The Bertz CT molecular complexity index is 1370. The Balaban J connectivity index is 1.36. The van der Waals surface area contributed by atoms with E-state index in [1.165, 1.54) is 0 Å². The lowest BCUT2D eigenvalue weighted by Crippen LogP contribution is -2.35. The Hall–Kier alpha value is -3.77. The monoisotopic (exact) mass is 439 g/mol. The van der Waals surface area contributed by atoms with Gasteiger partial charge in [0.05, 0.1) is 41.1 Å². The lowest BCUT2D eigenvalue weighted by atomic mass is 10.00. The Labute approximate surface area is 191 Å². The normalized spacial score (nSPS) is 24.4. The molecule has 3 atom stereocenters. The topological polar surface area (TPSA) is 114 Å². The second-order valence-corrected chi connectivity index (χ2v) is 9.73. The van der Waals surface area contributed by atoms with Crippen LogP contribution >= 0.6 is 0 Å². The van der Waals surface area contributed by atoms with E-state index < -0.39 is 0 Å². The maximum absolute atomic E-state index is 9.62. The SMILES string of the molecule is Cn1ccc(-c2cc(-c3cnc(N4C[C@@H]5CC(C)(N)C[C@@H]5C4)cn3)c3c(C#N)cnn3c2)n1.